The Bertz CT molecular complexity index is 3820. The second-order valence-corrected chi connectivity index (χ2v) is 23.0. The molecule has 0 saturated carbocycles. The minimum Gasteiger partial charge on any atom is -0.456 e. The van der Waals surface area contributed by atoms with E-state index in [2.05, 4.69) is 235 Å². The van der Waals surface area contributed by atoms with Crippen LogP contribution in [-0.2, 0) is 0 Å². The summed E-state index contributed by atoms with van der Waals surface area (Å²) in [5.41, 5.74) is 13.6. The van der Waals surface area contributed by atoms with E-state index in [9.17, 15) is 0 Å². The second-order valence-electron chi connectivity index (χ2n) is 17.7. The van der Waals surface area contributed by atoms with Crippen molar-refractivity contribution in [2.75, 3.05) is 9.80 Å². The van der Waals surface area contributed by atoms with Crippen LogP contribution in [0.5, 0.6) is 0 Å². The third-order valence-electron chi connectivity index (χ3n) is 13.6. The maximum absolute atomic E-state index is 6.35. The minimum absolute atomic E-state index is 0.889. The van der Waals surface area contributed by atoms with E-state index in [1.54, 1.807) is 0 Å². The Hall–Kier alpha value is -7.70. The largest absolute Gasteiger partial charge is 0.456 e. The molecule has 0 fully saturated rings. The van der Waals surface area contributed by atoms with E-state index in [1.807, 2.05) is 17.4 Å². The second kappa shape index (κ2) is 14.7. The average Bonchev–Trinajstić information content (AvgIpc) is 3.99. The molecule has 0 radical (unpaired) electrons. The SMILES string of the molecule is C[Si]1(C)c2cc(N(c3ccccc3)c3ccc4oc5ccccc5c4c3)c(-c3ccccc3)cc2-c2cc(N(c3ccccc3)c3ccc4sc5ccccc5c4c3)c3ccccc3c21. The van der Waals surface area contributed by atoms with Crippen molar-refractivity contribution in [1.82, 2.24) is 0 Å². The molecule has 0 unspecified atom stereocenters. The molecule has 0 aliphatic carbocycles. The topological polar surface area (TPSA) is 19.6 Å². The van der Waals surface area contributed by atoms with Crippen LogP contribution < -0.4 is 20.2 Å². The first kappa shape index (κ1) is 37.8. The van der Waals surface area contributed by atoms with Crippen LogP contribution in [-0.4, -0.2) is 8.07 Å². The first-order valence-corrected chi connectivity index (χ1v) is 26.1. The molecule has 1 aliphatic rings. The third kappa shape index (κ3) is 5.93. The van der Waals surface area contributed by atoms with Crippen LogP contribution in [0, 0.1) is 0 Å². The number of fused-ring (bicyclic) bond motifs is 11. The van der Waals surface area contributed by atoms with Gasteiger partial charge in [-0.15, -0.1) is 11.3 Å². The van der Waals surface area contributed by atoms with Crippen LogP contribution in [0.3, 0.4) is 0 Å². The van der Waals surface area contributed by atoms with Gasteiger partial charge in [0.2, 0.25) is 0 Å². The highest BCUT2D eigenvalue weighted by atomic mass is 32.1. The molecule has 3 nitrogen and oxygen atoms in total. The molecule has 5 heteroatoms. The van der Waals surface area contributed by atoms with E-state index in [4.69, 9.17) is 4.42 Å². The summed E-state index contributed by atoms with van der Waals surface area (Å²) in [5.74, 6) is 0. The number of nitrogens with zero attached hydrogens (tertiary/aromatic N) is 2. The molecular formula is C60H42N2OSSi. The molecule has 65 heavy (non-hydrogen) atoms. The van der Waals surface area contributed by atoms with Crippen molar-refractivity contribution in [2.45, 2.75) is 13.1 Å². The fraction of sp³-hybridized carbons (Fsp3) is 0.0333. The normalized spacial score (nSPS) is 12.9. The lowest BCUT2D eigenvalue weighted by Crippen LogP contribution is -2.49. The molecule has 12 aromatic rings. The third-order valence-corrected chi connectivity index (χ3v) is 18.3. The lowest BCUT2D eigenvalue weighted by atomic mass is 9.94. The first-order valence-electron chi connectivity index (χ1n) is 22.3. The van der Waals surface area contributed by atoms with E-state index in [0.29, 0.717) is 0 Å². The van der Waals surface area contributed by atoms with Gasteiger partial charge in [-0.3, -0.25) is 0 Å². The van der Waals surface area contributed by atoms with Crippen LogP contribution in [0.25, 0.3) is 75.1 Å². The molecule has 0 saturated heterocycles. The van der Waals surface area contributed by atoms with Crippen molar-refractivity contribution >= 4 is 117 Å². The highest BCUT2D eigenvalue weighted by molar-refractivity contribution is 7.25. The number of para-hydroxylation sites is 3. The van der Waals surface area contributed by atoms with Gasteiger partial charge in [-0.05, 0) is 123 Å². The van der Waals surface area contributed by atoms with Gasteiger partial charge in [0, 0.05) is 64.6 Å². The smallest absolute Gasteiger partial charge is 0.135 e. The summed E-state index contributed by atoms with van der Waals surface area (Å²) in [5, 5.41) is 10.3. The number of hydrogen-bond donors (Lipinski definition) is 0. The van der Waals surface area contributed by atoms with E-state index in [-0.39, 0.29) is 0 Å². The van der Waals surface area contributed by atoms with Gasteiger partial charge >= 0.3 is 0 Å². The molecule has 1 aliphatic heterocycles. The molecule has 0 N–H and O–H groups in total. The standard InChI is InChI=1S/C60H42N2OSSi/c1-65(2)59-38-54(62(41-22-10-5-11-23-41)42-30-32-56-49(34-42)45-25-14-16-28-55(45)63-56)48(39-18-6-3-7-19-39)36-51(59)52-37-53(44-24-12-13-27-47(44)60(52)65)61(40-20-8-4-9-21-40)43-31-33-58-50(35-43)46-26-15-17-29-57(46)64-58/h3-38H,1-2H3. The fourth-order valence-corrected chi connectivity index (χ4v) is 15.1. The number of benzene rings is 10. The maximum Gasteiger partial charge on any atom is 0.135 e. The quantitative estimate of drug-likeness (QED) is 0.149. The van der Waals surface area contributed by atoms with Crippen molar-refractivity contribution in [3.8, 4) is 22.3 Å². The Balaban J connectivity index is 1.07. The molecule has 0 spiro atoms. The Morgan fingerprint density at radius 2 is 0.923 bits per heavy atom. The van der Waals surface area contributed by atoms with Crippen LogP contribution in [0.1, 0.15) is 0 Å². The maximum atomic E-state index is 6.35. The van der Waals surface area contributed by atoms with Crippen molar-refractivity contribution in [3.05, 3.63) is 218 Å². The van der Waals surface area contributed by atoms with Crippen LogP contribution in [0.2, 0.25) is 13.1 Å². The van der Waals surface area contributed by atoms with Gasteiger partial charge in [0.1, 0.15) is 19.2 Å². The number of rotatable bonds is 7. The Kier molecular flexibility index (Phi) is 8.54. The fourth-order valence-electron chi connectivity index (χ4n) is 10.6. The predicted molar refractivity (Wildman–Crippen MR) is 281 cm³/mol. The number of thiophene rings is 1. The lowest BCUT2D eigenvalue weighted by molar-refractivity contribution is 0.669. The summed E-state index contributed by atoms with van der Waals surface area (Å²) in [6.45, 7) is 5.10. The Morgan fingerprint density at radius 1 is 0.369 bits per heavy atom. The number of hydrogen-bond acceptors (Lipinski definition) is 4. The van der Waals surface area contributed by atoms with Crippen LogP contribution in [0.15, 0.2) is 223 Å². The number of furan rings is 1. The zero-order valence-electron chi connectivity index (χ0n) is 36.0. The average molecular weight is 867 g/mol. The Labute approximate surface area is 382 Å². The van der Waals surface area contributed by atoms with Crippen molar-refractivity contribution in [2.24, 2.45) is 0 Å². The van der Waals surface area contributed by atoms with Crippen molar-refractivity contribution in [3.63, 3.8) is 0 Å². The van der Waals surface area contributed by atoms with Gasteiger partial charge in [0.15, 0.2) is 0 Å². The minimum atomic E-state index is -2.35. The van der Waals surface area contributed by atoms with Gasteiger partial charge in [0.25, 0.3) is 0 Å². The highest BCUT2D eigenvalue weighted by Gasteiger charge is 2.41. The molecule has 10 aromatic carbocycles. The summed E-state index contributed by atoms with van der Waals surface area (Å²) >= 11 is 1.86. The van der Waals surface area contributed by atoms with Gasteiger partial charge < -0.3 is 14.2 Å². The molecule has 0 atom stereocenters. The molecule has 2 aromatic heterocycles. The monoisotopic (exact) mass is 866 g/mol. The first-order chi connectivity index (χ1) is 32.0. The van der Waals surface area contributed by atoms with Gasteiger partial charge in [-0.1, -0.05) is 140 Å². The zero-order valence-corrected chi connectivity index (χ0v) is 37.8. The molecule has 3 heterocycles. The summed E-state index contributed by atoms with van der Waals surface area (Å²) in [7, 11) is -2.35. The molecular weight excluding hydrogens is 825 g/mol. The van der Waals surface area contributed by atoms with Crippen molar-refractivity contribution in [1.29, 1.82) is 0 Å². The summed E-state index contributed by atoms with van der Waals surface area (Å²) in [6, 6.07) is 80.2. The van der Waals surface area contributed by atoms with Crippen LogP contribution in [0.4, 0.5) is 34.1 Å². The highest BCUT2D eigenvalue weighted by Crippen LogP contribution is 2.49. The van der Waals surface area contributed by atoms with Gasteiger partial charge in [0.05, 0.1) is 11.4 Å². The summed E-state index contributed by atoms with van der Waals surface area (Å²) in [6.07, 6.45) is 0. The molecule has 13 rings (SSSR count). The van der Waals surface area contributed by atoms with Crippen LogP contribution >= 0.6 is 11.3 Å². The van der Waals surface area contributed by atoms with Crippen molar-refractivity contribution < 1.29 is 4.42 Å². The van der Waals surface area contributed by atoms with E-state index < -0.39 is 8.07 Å². The van der Waals surface area contributed by atoms with Gasteiger partial charge in [-0.2, -0.15) is 0 Å². The lowest BCUT2D eigenvalue weighted by Gasteiger charge is -2.30. The van der Waals surface area contributed by atoms with E-state index in [0.717, 1.165) is 50.4 Å². The zero-order chi connectivity index (χ0) is 43.2. The predicted octanol–water partition coefficient (Wildman–Crippen LogP) is 16.5. The molecule has 308 valence electrons. The van der Waals surface area contributed by atoms with Gasteiger partial charge in [-0.25, -0.2) is 0 Å². The Morgan fingerprint density at radius 3 is 1.66 bits per heavy atom. The summed E-state index contributed by atoms with van der Waals surface area (Å²) < 4.78 is 8.96. The van der Waals surface area contributed by atoms with E-state index >= 15 is 0 Å². The van der Waals surface area contributed by atoms with E-state index in [1.165, 1.54) is 69.3 Å². The molecule has 0 amide bonds. The molecule has 0 bridgehead atoms. The summed E-state index contributed by atoms with van der Waals surface area (Å²) in [4.78, 5) is 4.95. The number of anilines is 6.